The molecule has 0 aliphatic heterocycles. The van der Waals surface area contributed by atoms with E-state index in [2.05, 4.69) is 19.2 Å². The molecule has 2 aromatic rings. The third kappa shape index (κ3) is 3.02. The van der Waals surface area contributed by atoms with Crippen LogP contribution in [-0.4, -0.2) is 17.6 Å². The predicted octanol–water partition coefficient (Wildman–Crippen LogP) is 3.06. The van der Waals surface area contributed by atoms with Gasteiger partial charge in [0.05, 0.1) is 7.11 Å². The highest BCUT2D eigenvalue weighted by Crippen LogP contribution is 2.16. The van der Waals surface area contributed by atoms with Gasteiger partial charge in [-0.25, -0.2) is 0 Å². The molecule has 0 spiro atoms. The molecule has 1 heterocycles. The van der Waals surface area contributed by atoms with Crippen LogP contribution in [0.15, 0.2) is 30.5 Å². The van der Waals surface area contributed by atoms with Crippen LogP contribution in [0.5, 0.6) is 5.75 Å². The van der Waals surface area contributed by atoms with Gasteiger partial charge >= 0.3 is 0 Å². The summed E-state index contributed by atoms with van der Waals surface area (Å²) < 4.78 is 7.06. The van der Waals surface area contributed by atoms with Crippen molar-refractivity contribution in [2.75, 3.05) is 12.4 Å². The topological polar surface area (TPSA) is 43.3 Å². The van der Waals surface area contributed by atoms with Crippen LogP contribution in [-0.2, 0) is 11.3 Å². The summed E-state index contributed by atoms with van der Waals surface area (Å²) in [5.41, 5.74) is 4.35. The maximum Gasteiger partial charge on any atom is 0.244 e. The quantitative estimate of drug-likeness (QED) is 0.929. The lowest BCUT2D eigenvalue weighted by atomic mass is 10.2. The van der Waals surface area contributed by atoms with Crippen LogP contribution in [0.25, 0.3) is 0 Å². The van der Waals surface area contributed by atoms with Gasteiger partial charge in [0, 0.05) is 17.6 Å². The maximum absolute atomic E-state index is 12.0. The third-order valence-electron chi connectivity index (χ3n) is 3.60. The van der Waals surface area contributed by atoms with E-state index in [4.69, 9.17) is 4.74 Å². The van der Waals surface area contributed by atoms with E-state index in [9.17, 15) is 4.79 Å². The molecule has 4 heteroatoms. The van der Waals surface area contributed by atoms with E-state index in [0.29, 0.717) is 6.54 Å². The number of aromatic nitrogens is 1. The number of rotatable bonds is 4. The lowest BCUT2D eigenvalue weighted by Crippen LogP contribution is -2.19. The average Bonchev–Trinajstić information content (AvgIpc) is 2.67. The molecule has 1 aromatic carbocycles. The van der Waals surface area contributed by atoms with E-state index < -0.39 is 0 Å². The normalized spacial score (nSPS) is 10.4. The van der Waals surface area contributed by atoms with Crippen molar-refractivity contribution >= 4 is 11.6 Å². The first-order valence-electron chi connectivity index (χ1n) is 6.58. The standard InChI is InChI=1S/C16H20N2O2/c1-11-9-18(13(3)12(11)2)10-16(19)17-14-5-7-15(20-4)8-6-14/h5-9H,10H2,1-4H3,(H,17,19). The Bertz CT molecular complexity index is 612. The van der Waals surface area contributed by atoms with Gasteiger partial charge in [0.25, 0.3) is 0 Å². The number of carbonyl (C=O) groups excluding carboxylic acids is 1. The summed E-state index contributed by atoms with van der Waals surface area (Å²) in [4.78, 5) is 12.0. The molecule has 0 atom stereocenters. The maximum atomic E-state index is 12.0. The predicted molar refractivity (Wildman–Crippen MR) is 80.3 cm³/mol. The number of aryl methyl sites for hydroxylation is 1. The summed E-state index contributed by atoms with van der Waals surface area (Å²) in [6.45, 7) is 6.48. The van der Waals surface area contributed by atoms with Gasteiger partial charge in [-0.2, -0.15) is 0 Å². The first-order valence-corrected chi connectivity index (χ1v) is 6.58. The second-order valence-electron chi connectivity index (χ2n) is 4.93. The summed E-state index contributed by atoms with van der Waals surface area (Å²) in [6, 6.07) is 7.31. The molecule has 0 aliphatic carbocycles. The van der Waals surface area contributed by atoms with E-state index >= 15 is 0 Å². The number of ether oxygens (including phenoxy) is 1. The number of carbonyl (C=O) groups is 1. The fraction of sp³-hybridized carbons (Fsp3) is 0.312. The highest BCUT2D eigenvalue weighted by Gasteiger charge is 2.09. The smallest absolute Gasteiger partial charge is 0.244 e. The summed E-state index contributed by atoms with van der Waals surface area (Å²) in [7, 11) is 1.62. The first-order chi connectivity index (χ1) is 9.51. The van der Waals surface area contributed by atoms with Crippen LogP contribution in [0.3, 0.4) is 0 Å². The lowest BCUT2D eigenvalue weighted by Gasteiger charge is -2.08. The first kappa shape index (κ1) is 14.2. The highest BCUT2D eigenvalue weighted by molar-refractivity contribution is 5.90. The molecule has 0 saturated carbocycles. The van der Waals surface area contributed by atoms with E-state index in [-0.39, 0.29) is 5.91 Å². The summed E-state index contributed by atoms with van der Waals surface area (Å²) in [5.74, 6) is 0.740. The SMILES string of the molecule is COc1ccc(NC(=O)Cn2cc(C)c(C)c2C)cc1. The van der Waals surface area contributed by atoms with Gasteiger partial charge in [0.2, 0.25) is 5.91 Å². The molecular formula is C16H20N2O2. The fourth-order valence-corrected chi connectivity index (χ4v) is 2.12. The molecule has 0 unspecified atom stereocenters. The van der Waals surface area contributed by atoms with Gasteiger partial charge in [-0.3, -0.25) is 4.79 Å². The van der Waals surface area contributed by atoms with E-state index in [1.807, 2.05) is 42.0 Å². The van der Waals surface area contributed by atoms with Gasteiger partial charge in [0.15, 0.2) is 0 Å². The molecule has 0 fully saturated rings. The Balaban J connectivity index is 2.03. The minimum absolute atomic E-state index is 0.0340. The van der Waals surface area contributed by atoms with Crippen LogP contribution in [0, 0.1) is 20.8 Å². The van der Waals surface area contributed by atoms with Gasteiger partial charge in [-0.05, 0) is 56.2 Å². The van der Waals surface area contributed by atoms with Crippen LogP contribution in [0.2, 0.25) is 0 Å². The largest absolute Gasteiger partial charge is 0.497 e. The zero-order valence-corrected chi connectivity index (χ0v) is 12.4. The van der Waals surface area contributed by atoms with Crippen LogP contribution in [0.1, 0.15) is 16.8 Å². The van der Waals surface area contributed by atoms with Crippen molar-refractivity contribution in [2.45, 2.75) is 27.3 Å². The summed E-state index contributed by atoms with van der Waals surface area (Å²) in [6.07, 6.45) is 2.01. The van der Waals surface area contributed by atoms with Gasteiger partial charge < -0.3 is 14.6 Å². The number of hydrogen-bond acceptors (Lipinski definition) is 2. The van der Waals surface area contributed by atoms with Crippen molar-refractivity contribution in [2.24, 2.45) is 0 Å². The molecule has 0 saturated heterocycles. The zero-order chi connectivity index (χ0) is 14.7. The van der Waals surface area contributed by atoms with Crippen LogP contribution < -0.4 is 10.1 Å². The second-order valence-corrected chi connectivity index (χ2v) is 4.93. The Morgan fingerprint density at radius 3 is 2.35 bits per heavy atom. The molecule has 2 rings (SSSR count). The Kier molecular flexibility index (Phi) is 4.13. The summed E-state index contributed by atoms with van der Waals surface area (Å²) >= 11 is 0. The lowest BCUT2D eigenvalue weighted by molar-refractivity contribution is -0.116. The Morgan fingerprint density at radius 2 is 1.85 bits per heavy atom. The molecule has 0 aliphatic rings. The van der Waals surface area contributed by atoms with Crippen LogP contribution in [0.4, 0.5) is 5.69 Å². The molecule has 0 bridgehead atoms. The number of nitrogens with one attached hydrogen (secondary N) is 1. The molecular weight excluding hydrogens is 252 g/mol. The van der Waals surface area contributed by atoms with Crippen molar-refractivity contribution in [1.82, 2.24) is 4.57 Å². The zero-order valence-electron chi connectivity index (χ0n) is 12.4. The van der Waals surface area contributed by atoms with E-state index in [0.717, 1.165) is 17.1 Å². The summed E-state index contributed by atoms with van der Waals surface area (Å²) in [5, 5.41) is 2.88. The molecule has 4 nitrogen and oxygen atoms in total. The molecule has 1 amide bonds. The minimum atomic E-state index is -0.0340. The van der Waals surface area contributed by atoms with Crippen molar-refractivity contribution in [3.63, 3.8) is 0 Å². The molecule has 1 N–H and O–H groups in total. The Morgan fingerprint density at radius 1 is 1.20 bits per heavy atom. The molecule has 0 radical (unpaired) electrons. The third-order valence-corrected chi connectivity index (χ3v) is 3.60. The molecule has 106 valence electrons. The van der Waals surface area contributed by atoms with Gasteiger partial charge in [-0.15, -0.1) is 0 Å². The highest BCUT2D eigenvalue weighted by atomic mass is 16.5. The number of benzene rings is 1. The van der Waals surface area contributed by atoms with Gasteiger partial charge in [0.1, 0.15) is 12.3 Å². The van der Waals surface area contributed by atoms with Crippen molar-refractivity contribution in [3.05, 3.63) is 47.3 Å². The number of anilines is 1. The number of amides is 1. The van der Waals surface area contributed by atoms with Crippen molar-refractivity contribution in [3.8, 4) is 5.75 Å². The Hall–Kier alpha value is -2.23. The number of methoxy groups -OCH3 is 1. The molecule has 20 heavy (non-hydrogen) atoms. The van der Waals surface area contributed by atoms with E-state index in [1.165, 1.54) is 11.1 Å². The Labute approximate surface area is 119 Å². The molecule has 1 aromatic heterocycles. The minimum Gasteiger partial charge on any atom is -0.497 e. The second kappa shape index (κ2) is 5.82. The van der Waals surface area contributed by atoms with Gasteiger partial charge in [-0.1, -0.05) is 0 Å². The average molecular weight is 272 g/mol. The number of nitrogens with zero attached hydrogens (tertiary/aromatic N) is 1. The van der Waals surface area contributed by atoms with Crippen molar-refractivity contribution < 1.29 is 9.53 Å². The van der Waals surface area contributed by atoms with Crippen molar-refractivity contribution in [1.29, 1.82) is 0 Å². The fourth-order valence-electron chi connectivity index (χ4n) is 2.12. The monoisotopic (exact) mass is 272 g/mol. The van der Waals surface area contributed by atoms with E-state index in [1.54, 1.807) is 7.11 Å². The number of hydrogen-bond donors (Lipinski definition) is 1. The van der Waals surface area contributed by atoms with Crippen LogP contribution >= 0.6 is 0 Å².